The van der Waals surface area contributed by atoms with Crippen molar-refractivity contribution in [3.63, 3.8) is 0 Å². The van der Waals surface area contributed by atoms with E-state index < -0.39 is 5.97 Å². The smallest absolute Gasteiger partial charge is 0.303 e. The van der Waals surface area contributed by atoms with Gasteiger partial charge in [0.1, 0.15) is 0 Å². The molecule has 0 heterocycles. The Morgan fingerprint density at radius 3 is 2.75 bits per heavy atom. The molecule has 1 rings (SSSR count). The SMILES string of the molecule is O=C(O)CCCNC(=O)c1cccc(Cl)c1. The van der Waals surface area contributed by atoms with E-state index in [9.17, 15) is 9.59 Å². The van der Waals surface area contributed by atoms with E-state index in [1.807, 2.05) is 0 Å². The van der Waals surface area contributed by atoms with Crippen LogP contribution in [0.25, 0.3) is 0 Å². The Balaban J connectivity index is 2.38. The zero-order valence-corrected chi connectivity index (χ0v) is 9.33. The lowest BCUT2D eigenvalue weighted by Crippen LogP contribution is -2.24. The third kappa shape index (κ3) is 4.31. The summed E-state index contributed by atoms with van der Waals surface area (Å²) in [6.45, 7) is 0.345. The van der Waals surface area contributed by atoms with Crippen molar-refractivity contribution in [2.75, 3.05) is 6.54 Å². The largest absolute Gasteiger partial charge is 0.481 e. The molecular weight excluding hydrogens is 230 g/mol. The lowest BCUT2D eigenvalue weighted by atomic mass is 10.2. The molecule has 0 atom stereocenters. The van der Waals surface area contributed by atoms with Gasteiger partial charge in [0.25, 0.3) is 5.91 Å². The summed E-state index contributed by atoms with van der Waals surface area (Å²) >= 11 is 5.73. The molecule has 0 radical (unpaired) electrons. The van der Waals surface area contributed by atoms with Gasteiger partial charge in [-0.25, -0.2) is 0 Å². The molecule has 2 N–H and O–H groups in total. The highest BCUT2D eigenvalue weighted by Crippen LogP contribution is 2.10. The van der Waals surface area contributed by atoms with Crippen LogP contribution in [0.5, 0.6) is 0 Å². The zero-order valence-electron chi connectivity index (χ0n) is 8.57. The first kappa shape index (κ1) is 12.5. The minimum absolute atomic E-state index is 0.0514. The van der Waals surface area contributed by atoms with E-state index >= 15 is 0 Å². The predicted molar refractivity (Wildman–Crippen MR) is 60.7 cm³/mol. The highest BCUT2D eigenvalue weighted by Gasteiger charge is 2.05. The van der Waals surface area contributed by atoms with Crippen LogP contribution < -0.4 is 5.32 Å². The van der Waals surface area contributed by atoms with Gasteiger partial charge >= 0.3 is 5.97 Å². The molecule has 0 aliphatic heterocycles. The van der Waals surface area contributed by atoms with Crippen molar-refractivity contribution >= 4 is 23.5 Å². The molecule has 0 fully saturated rings. The third-order valence-electron chi connectivity index (χ3n) is 1.94. The van der Waals surface area contributed by atoms with E-state index in [0.29, 0.717) is 23.6 Å². The van der Waals surface area contributed by atoms with Crippen LogP contribution in [-0.2, 0) is 4.79 Å². The number of benzene rings is 1. The van der Waals surface area contributed by atoms with Gasteiger partial charge in [0.15, 0.2) is 0 Å². The number of carbonyl (C=O) groups excluding carboxylic acids is 1. The van der Waals surface area contributed by atoms with Crippen molar-refractivity contribution in [2.45, 2.75) is 12.8 Å². The van der Waals surface area contributed by atoms with Crippen LogP contribution in [0.3, 0.4) is 0 Å². The number of rotatable bonds is 5. The summed E-state index contributed by atoms with van der Waals surface area (Å²) in [7, 11) is 0. The van der Waals surface area contributed by atoms with Crippen LogP contribution in [0.2, 0.25) is 5.02 Å². The molecule has 0 saturated heterocycles. The molecule has 0 bridgehead atoms. The van der Waals surface area contributed by atoms with Gasteiger partial charge in [-0.15, -0.1) is 0 Å². The number of amides is 1. The molecule has 0 saturated carbocycles. The topological polar surface area (TPSA) is 66.4 Å². The number of carboxylic acid groups (broad SMARTS) is 1. The average Bonchev–Trinajstić information content (AvgIpc) is 2.24. The molecule has 5 heteroatoms. The van der Waals surface area contributed by atoms with Crippen molar-refractivity contribution in [1.29, 1.82) is 0 Å². The maximum atomic E-state index is 11.5. The first-order valence-electron chi connectivity index (χ1n) is 4.85. The fourth-order valence-corrected chi connectivity index (χ4v) is 1.36. The first-order chi connectivity index (χ1) is 7.59. The summed E-state index contributed by atoms with van der Waals surface area (Å²) in [6, 6.07) is 6.59. The second kappa shape index (κ2) is 6.12. The molecule has 1 amide bonds. The number of hydrogen-bond acceptors (Lipinski definition) is 2. The molecule has 0 spiro atoms. The van der Waals surface area contributed by atoms with Gasteiger partial charge < -0.3 is 10.4 Å². The Morgan fingerprint density at radius 1 is 1.38 bits per heavy atom. The van der Waals surface area contributed by atoms with Crippen molar-refractivity contribution in [3.8, 4) is 0 Å². The van der Waals surface area contributed by atoms with Gasteiger partial charge in [-0.05, 0) is 24.6 Å². The highest BCUT2D eigenvalue weighted by molar-refractivity contribution is 6.30. The number of aliphatic carboxylic acids is 1. The molecule has 0 aliphatic rings. The molecular formula is C11H12ClNO3. The minimum Gasteiger partial charge on any atom is -0.481 e. The number of hydrogen-bond donors (Lipinski definition) is 2. The molecule has 4 nitrogen and oxygen atoms in total. The standard InChI is InChI=1S/C11H12ClNO3/c12-9-4-1-3-8(7-9)11(16)13-6-2-5-10(14)15/h1,3-4,7H,2,5-6H2,(H,13,16)(H,14,15). The summed E-state index contributed by atoms with van der Waals surface area (Å²) in [5.41, 5.74) is 0.475. The Morgan fingerprint density at radius 2 is 2.12 bits per heavy atom. The second-order valence-electron chi connectivity index (χ2n) is 3.26. The van der Waals surface area contributed by atoms with Crippen molar-refractivity contribution < 1.29 is 14.7 Å². The van der Waals surface area contributed by atoms with E-state index in [-0.39, 0.29) is 12.3 Å². The summed E-state index contributed by atoms with van der Waals surface area (Å²) in [6.07, 6.45) is 0.470. The number of halogens is 1. The van der Waals surface area contributed by atoms with Crippen molar-refractivity contribution in [2.24, 2.45) is 0 Å². The number of carboxylic acids is 1. The molecule has 0 aliphatic carbocycles. The van der Waals surface area contributed by atoms with Crippen molar-refractivity contribution in [3.05, 3.63) is 34.9 Å². The Kier molecular flexibility index (Phi) is 4.79. The predicted octanol–water partition coefficient (Wildman–Crippen LogP) is 1.93. The molecule has 1 aromatic carbocycles. The van der Waals surface area contributed by atoms with E-state index in [1.54, 1.807) is 24.3 Å². The monoisotopic (exact) mass is 241 g/mol. The number of nitrogens with one attached hydrogen (secondary N) is 1. The van der Waals surface area contributed by atoms with E-state index in [2.05, 4.69) is 5.32 Å². The van der Waals surface area contributed by atoms with Crippen molar-refractivity contribution in [1.82, 2.24) is 5.32 Å². The molecule has 16 heavy (non-hydrogen) atoms. The fraction of sp³-hybridized carbons (Fsp3) is 0.273. The van der Waals surface area contributed by atoms with Crippen LogP contribution in [0.15, 0.2) is 24.3 Å². The molecule has 1 aromatic rings. The number of carbonyl (C=O) groups is 2. The zero-order chi connectivity index (χ0) is 12.0. The lowest BCUT2D eigenvalue weighted by molar-refractivity contribution is -0.137. The Bertz CT molecular complexity index is 393. The quantitative estimate of drug-likeness (QED) is 0.775. The van der Waals surface area contributed by atoms with E-state index in [0.717, 1.165) is 0 Å². The van der Waals surface area contributed by atoms with Gasteiger partial charge in [0.2, 0.25) is 0 Å². The highest BCUT2D eigenvalue weighted by atomic mass is 35.5. The molecule has 0 aromatic heterocycles. The summed E-state index contributed by atoms with van der Waals surface area (Å²) in [5.74, 6) is -1.11. The first-order valence-corrected chi connectivity index (χ1v) is 5.23. The Hall–Kier alpha value is -1.55. The summed E-state index contributed by atoms with van der Waals surface area (Å²) in [4.78, 5) is 21.8. The van der Waals surface area contributed by atoms with Crippen LogP contribution >= 0.6 is 11.6 Å². The summed E-state index contributed by atoms with van der Waals surface area (Å²) in [5, 5.41) is 11.5. The van der Waals surface area contributed by atoms with Gasteiger partial charge in [-0.1, -0.05) is 17.7 Å². The third-order valence-corrected chi connectivity index (χ3v) is 2.17. The normalized spacial score (nSPS) is 9.81. The maximum Gasteiger partial charge on any atom is 0.303 e. The average molecular weight is 242 g/mol. The fourth-order valence-electron chi connectivity index (χ4n) is 1.17. The van der Waals surface area contributed by atoms with Gasteiger partial charge in [0, 0.05) is 23.6 Å². The van der Waals surface area contributed by atoms with E-state index in [1.165, 1.54) is 0 Å². The van der Waals surface area contributed by atoms with Crippen LogP contribution in [0.4, 0.5) is 0 Å². The van der Waals surface area contributed by atoms with E-state index in [4.69, 9.17) is 16.7 Å². The van der Waals surface area contributed by atoms with Gasteiger partial charge in [0.05, 0.1) is 0 Å². The minimum atomic E-state index is -0.864. The van der Waals surface area contributed by atoms with Gasteiger partial charge in [-0.3, -0.25) is 9.59 Å². The van der Waals surface area contributed by atoms with Gasteiger partial charge in [-0.2, -0.15) is 0 Å². The second-order valence-corrected chi connectivity index (χ2v) is 3.70. The summed E-state index contributed by atoms with van der Waals surface area (Å²) < 4.78 is 0. The lowest BCUT2D eigenvalue weighted by Gasteiger charge is -2.04. The van der Waals surface area contributed by atoms with Crippen LogP contribution in [-0.4, -0.2) is 23.5 Å². The molecule has 0 unspecified atom stereocenters. The molecule has 86 valence electrons. The van der Waals surface area contributed by atoms with Crippen LogP contribution in [0.1, 0.15) is 23.2 Å². The Labute approximate surface area is 98.2 Å². The maximum absolute atomic E-state index is 11.5. The van der Waals surface area contributed by atoms with Crippen LogP contribution in [0, 0.1) is 0 Å².